The van der Waals surface area contributed by atoms with Gasteiger partial charge in [0, 0.05) is 0 Å². The first-order chi connectivity index (χ1) is 10.9. The van der Waals surface area contributed by atoms with Crippen molar-refractivity contribution in [2.45, 2.75) is 78.2 Å². The second kappa shape index (κ2) is 5.18. The van der Waals surface area contributed by atoms with Crippen LogP contribution in [-0.4, -0.2) is 17.0 Å². The number of carbonyl (C=O) groups is 1. The lowest BCUT2D eigenvalue weighted by atomic mass is 9.44. The number of fused-ring (bicyclic) bond motifs is 5. The molecule has 0 bridgehead atoms. The van der Waals surface area contributed by atoms with Crippen LogP contribution in [-0.2, 0) is 4.79 Å². The Hall–Kier alpha value is -0.630. The largest absolute Gasteiger partial charge is 0.393 e. The van der Waals surface area contributed by atoms with Gasteiger partial charge in [0.25, 0.3) is 0 Å². The van der Waals surface area contributed by atoms with E-state index in [1.807, 2.05) is 0 Å². The number of ketones is 1. The summed E-state index contributed by atoms with van der Waals surface area (Å²) in [6, 6.07) is 0. The van der Waals surface area contributed by atoms with E-state index >= 15 is 0 Å². The lowest BCUT2D eigenvalue weighted by Crippen LogP contribution is -2.53. The lowest BCUT2D eigenvalue weighted by molar-refractivity contribution is -0.124. The molecule has 4 rings (SSSR count). The normalized spacial score (nSPS) is 52.2. The van der Waals surface area contributed by atoms with E-state index in [1.165, 1.54) is 32.1 Å². The highest BCUT2D eigenvalue weighted by Crippen LogP contribution is 2.66. The summed E-state index contributed by atoms with van der Waals surface area (Å²) in [7, 11) is 0. The third-order valence-electron chi connectivity index (χ3n) is 8.60. The summed E-state index contributed by atoms with van der Waals surface area (Å²) < 4.78 is 0. The summed E-state index contributed by atoms with van der Waals surface area (Å²) in [6.45, 7) is 6.65. The van der Waals surface area contributed by atoms with E-state index in [9.17, 15) is 9.90 Å². The van der Waals surface area contributed by atoms with Crippen LogP contribution in [0.1, 0.15) is 72.1 Å². The fourth-order valence-electron chi connectivity index (χ4n) is 7.35. The van der Waals surface area contributed by atoms with Crippen LogP contribution in [0.5, 0.6) is 0 Å². The zero-order valence-corrected chi connectivity index (χ0v) is 15.0. The molecule has 0 unspecified atom stereocenters. The number of aliphatic hydroxyl groups excluding tert-OH is 1. The van der Waals surface area contributed by atoms with Crippen LogP contribution in [0.25, 0.3) is 0 Å². The Bertz CT molecular complexity index is 550. The van der Waals surface area contributed by atoms with Crippen LogP contribution >= 0.6 is 0 Å². The third kappa shape index (κ3) is 2.13. The first-order valence-electron chi connectivity index (χ1n) is 9.76. The van der Waals surface area contributed by atoms with Crippen molar-refractivity contribution >= 4 is 5.78 Å². The second-order valence-electron chi connectivity index (χ2n) is 9.45. The number of hydrogen-bond acceptors (Lipinski definition) is 2. The molecule has 23 heavy (non-hydrogen) atoms. The van der Waals surface area contributed by atoms with E-state index in [-0.39, 0.29) is 11.5 Å². The van der Waals surface area contributed by atoms with Crippen molar-refractivity contribution in [1.29, 1.82) is 0 Å². The highest BCUT2D eigenvalue weighted by molar-refractivity contribution is 5.95. The van der Waals surface area contributed by atoms with Crippen molar-refractivity contribution in [2.24, 2.45) is 34.5 Å². The Labute approximate surface area is 140 Å². The molecule has 0 saturated heterocycles. The molecule has 0 aromatic rings. The zero-order chi connectivity index (χ0) is 16.4. The van der Waals surface area contributed by atoms with Crippen molar-refractivity contribution in [3.63, 3.8) is 0 Å². The van der Waals surface area contributed by atoms with Gasteiger partial charge in [-0.3, -0.25) is 4.79 Å². The smallest absolute Gasteiger partial charge is 0.156 e. The molecule has 0 aromatic heterocycles. The first-order valence-corrected chi connectivity index (χ1v) is 9.76. The monoisotopic (exact) mass is 316 g/mol. The topological polar surface area (TPSA) is 37.3 Å². The number of aliphatic hydroxyl groups is 1. The maximum Gasteiger partial charge on any atom is 0.156 e. The Kier molecular flexibility index (Phi) is 3.58. The summed E-state index contributed by atoms with van der Waals surface area (Å²) in [4.78, 5) is 12.1. The molecule has 2 heteroatoms. The number of carbonyl (C=O) groups excluding carboxylic acids is 1. The summed E-state index contributed by atoms with van der Waals surface area (Å²) in [5.74, 6) is 3.31. The summed E-state index contributed by atoms with van der Waals surface area (Å²) in [5.41, 5.74) is 1.71. The standard InChI is InChI=1S/C21H32O2/c1-13(22)17-6-7-18-16-5-4-14-12-15(23)8-10-20(14,2)19(16)9-11-21(17,18)3/h6,14-16,18-19,23H,4-5,7-12H2,1-3H3/t14-,15-,16-,18+,19+,20-,21+/m0/s1. The summed E-state index contributed by atoms with van der Waals surface area (Å²) in [5, 5.41) is 10.1. The minimum atomic E-state index is -0.0593. The van der Waals surface area contributed by atoms with Gasteiger partial charge in [-0.05, 0) is 98.4 Å². The van der Waals surface area contributed by atoms with Gasteiger partial charge in [0.15, 0.2) is 5.78 Å². The maximum absolute atomic E-state index is 12.1. The molecule has 2 nitrogen and oxygen atoms in total. The molecule has 1 N–H and O–H groups in total. The van der Waals surface area contributed by atoms with Crippen molar-refractivity contribution < 1.29 is 9.90 Å². The van der Waals surface area contributed by atoms with Crippen LogP contribution < -0.4 is 0 Å². The van der Waals surface area contributed by atoms with Gasteiger partial charge in [-0.15, -0.1) is 0 Å². The molecule has 0 aliphatic heterocycles. The molecular weight excluding hydrogens is 284 g/mol. The summed E-state index contributed by atoms with van der Waals surface area (Å²) >= 11 is 0. The van der Waals surface area contributed by atoms with Gasteiger partial charge >= 0.3 is 0 Å². The van der Waals surface area contributed by atoms with Crippen LogP contribution in [0.2, 0.25) is 0 Å². The highest BCUT2D eigenvalue weighted by Gasteiger charge is 2.58. The van der Waals surface area contributed by atoms with Gasteiger partial charge in [0.05, 0.1) is 6.10 Å². The minimum Gasteiger partial charge on any atom is -0.393 e. The van der Waals surface area contributed by atoms with Gasteiger partial charge in [-0.2, -0.15) is 0 Å². The zero-order valence-electron chi connectivity index (χ0n) is 15.0. The Balaban J connectivity index is 1.62. The maximum atomic E-state index is 12.1. The average molecular weight is 316 g/mol. The van der Waals surface area contributed by atoms with Crippen molar-refractivity contribution in [3.8, 4) is 0 Å². The molecule has 0 radical (unpaired) electrons. The van der Waals surface area contributed by atoms with Crippen molar-refractivity contribution in [1.82, 2.24) is 0 Å². The number of hydrogen-bond donors (Lipinski definition) is 1. The molecule has 0 heterocycles. The van der Waals surface area contributed by atoms with E-state index in [1.54, 1.807) is 6.92 Å². The fourth-order valence-corrected chi connectivity index (χ4v) is 7.35. The van der Waals surface area contributed by atoms with Crippen molar-refractivity contribution in [2.75, 3.05) is 0 Å². The van der Waals surface area contributed by atoms with Gasteiger partial charge < -0.3 is 5.11 Å². The van der Waals surface area contributed by atoms with E-state index in [2.05, 4.69) is 19.9 Å². The molecule has 0 spiro atoms. The molecule has 4 aliphatic rings. The number of Topliss-reactive ketones (excluding diaryl/α,β-unsaturated/α-hetero) is 1. The average Bonchev–Trinajstić information content (AvgIpc) is 2.85. The third-order valence-corrected chi connectivity index (χ3v) is 8.60. The van der Waals surface area contributed by atoms with E-state index in [4.69, 9.17) is 0 Å². The number of rotatable bonds is 1. The Morgan fingerprint density at radius 1 is 1.13 bits per heavy atom. The van der Waals surface area contributed by atoms with Gasteiger partial charge in [0.1, 0.15) is 0 Å². The fraction of sp³-hybridized carbons (Fsp3) is 0.857. The van der Waals surface area contributed by atoms with Crippen LogP contribution in [0.3, 0.4) is 0 Å². The van der Waals surface area contributed by atoms with E-state index in [0.29, 0.717) is 17.1 Å². The predicted octanol–water partition coefficient (Wildman–Crippen LogP) is 4.52. The van der Waals surface area contributed by atoms with Crippen LogP contribution in [0, 0.1) is 34.5 Å². The van der Waals surface area contributed by atoms with E-state index < -0.39 is 0 Å². The molecular formula is C21H32O2. The number of allylic oxidation sites excluding steroid dienone is 2. The molecule has 4 aliphatic carbocycles. The molecule has 128 valence electrons. The van der Waals surface area contributed by atoms with Crippen LogP contribution in [0.15, 0.2) is 11.6 Å². The van der Waals surface area contributed by atoms with Crippen molar-refractivity contribution in [3.05, 3.63) is 11.6 Å². The Morgan fingerprint density at radius 2 is 1.91 bits per heavy atom. The molecule has 3 fully saturated rings. The van der Waals surface area contributed by atoms with Crippen LogP contribution in [0.4, 0.5) is 0 Å². The summed E-state index contributed by atoms with van der Waals surface area (Å²) in [6.07, 6.45) is 11.6. The molecule has 7 atom stereocenters. The molecule has 3 saturated carbocycles. The molecule has 0 amide bonds. The predicted molar refractivity (Wildman–Crippen MR) is 91.9 cm³/mol. The first kappa shape index (κ1) is 15.9. The quantitative estimate of drug-likeness (QED) is 0.772. The van der Waals surface area contributed by atoms with Gasteiger partial charge in [-0.1, -0.05) is 19.9 Å². The minimum absolute atomic E-state index is 0.0593. The van der Waals surface area contributed by atoms with Gasteiger partial charge in [0.2, 0.25) is 0 Å². The molecule has 0 aromatic carbocycles. The second-order valence-corrected chi connectivity index (χ2v) is 9.45. The van der Waals surface area contributed by atoms with E-state index in [0.717, 1.165) is 42.6 Å². The SMILES string of the molecule is CC(=O)C1=CC[C@@H]2[C@@H]3CC[C@H]4C[C@@H](O)CC[C@]4(C)[C@@H]3CC[C@]12C. The van der Waals surface area contributed by atoms with Gasteiger partial charge in [-0.25, -0.2) is 0 Å². The lowest BCUT2D eigenvalue weighted by Gasteiger charge is -2.60. The Morgan fingerprint density at radius 3 is 2.65 bits per heavy atom. The highest BCUT2D eigenvalue weighted by atomic mass is 16.3.